The Morgan fingerprint density at radius 3 is 2.68 bits per heavy atom. The zero-order valence-electron chi connectivity index (χ0n) is 10.7. The van der Waals surface area contributed by atoms with Gasteiger partial charge >= 0.3 is 0 Å². The molecule has 1 aromatic heterocycles. The van der Waals surface area contributed by atoms with Crippen molar-refractivity contribution >= 4 is 6.21 Å². The number of aromatic nitrogens is 1. The molecule has 19 heavy (non-hydrogen) atoms. The normalized spacial score (nSPS) is 11.1. The molecule has 1 heterocycles. The third kappa shape index (κ3) is 3.17. The minimum Gasteiger partial charge on any atom is -0.505 e. The van der Waals surface area contributed by atoms with E-state index in [1.165, 1.54) is 0 Å². The number of aliphatic hydroxyl groups excluding tert-OH is 1. The zero-order chi connectivity index (χ0) is 13.7. The molecule has 0 fully saturated rings. The van der Waals surface area contributed by atoms with Gasteiger partial charge in [-0.25, -0.2) is 0 Å². The van der Waals surface area contributed by atoms with Crippen LogP contribution in [0.3, 0.4) is 0 Å². The molecule has 0 unspecified atom stereocenters. The van der Waals surface area contributed by atoms with Gasteiger partial charge in [-0.3, -0.25) is 9.98 Å². The molecular weight excluding hydrogens is 240 g/mol. The summed E-state index contributed by atoms with van der Waals surface area (Å²) in [5.41, 5.74) is 2.72. The first-order valence-electron chi connectivity index (χ1n) is 6.04. The van der Waals surface area contributed by atoms with Crippen molar-refractivity contribution < 1.29 is 10.2 Å². The third-order valence-corrected chi connectivity index (χ3v) is 2.87. The molecular formula is C15H16N2O2. The zero-order valence-corrected chi connectivity index (χ0v) is 10.7. The molecule has 1 aromatic carbocycles. The number of benzene rings is 1. The molecule has 0 aliphatic carbocycles. The lowest BCUT2D eigenvalue weighted by molar-refractivity contribution is 0.280. The molecule has 0 amide bonds. The summed E-state index contributed by atoms with van der Waals surface area (Å²) in [6.45, 7) is 2.07. The summed E-state index contributed by atoms with van der Waals surface area (Å²) in [5, 5.41) is 19.2. The lowest BCUT2D eigenvalue weighted by Crippen LogP contribution is -1.98. The Kier molecular flexibility index (Phi) is 4.26. The van der Waals surface area contributed by atoms with E-state index in [1.54, 1.807) is 19.3 Å². The number of rotatable bonds is 4. The van der Waals surface area contributed by atoms with Gasteiger partial charge in [0.2, 0.25) is 0 Å². The van der Waals surface area contributed by atoms with Crippen molar-refractivity contribution in [3.63, 3.8) is 0 Å². The number of aryl methyl sites for hydroxylation is 1. The quantitative estimate of drug-likeness (QED) is 0.824. The van der Waals surface area contributed by atoms with Gasteiger partial charge in [0.25, 0.3) is 0 Å². The lowest BCUT2D eigenvalue weighted by atomic mass is 10.1. The molecule has 4 heteroatoms. The summed E-state index contributed by atoms with van der Waals surface area (Å²) in [5.74, 6) is 0.0726. The van der Waals surface area contributed by atoms with E-state index in [9.17, 15) is 10.2 Å². The first-order valence-corrected chi connectivity index (χ1v) is 6.04. The fraction of sp³-hybridized carbons (Fsp3) is 0.200. The van der Waals surface area contributed by atoms with Gasteiger partial charge in [0, 0.05) is 23.5 Å². The average molecular weight is 256 g/mol. The number of nitrogens with zero attached hydrogens (tertiary/aromatic N) is 2. The predicted octanol–water partition coefficient (Wildman–Crippen LogP) is 2.21. The molecule has 4 nitrogen and oxygen atoms in total. The van der Waals surface area contributed by atoms with Crippen LogP contribution in [0.4, 0.5) is 0 Å². The Balaban J connectivity index is 2.21. The number of aromatic hydroxyl groups is 1. The van der Waals surface area contributed by atoms with Crippen LogP contribution in [-0.2, 0) is 13.2 Å². The van der Waals surface area contributed by atoms with Crippen LogP contribution in [-0.4, -0.2) is 21.4 Å². The maximum Gasteiger partial charge on any atom is 0.145 e. The van der Waals surface area contributed by atoms with Gasteiger partial charge < -0.3 is 10.2 Å². The summed E-state index contributed by atoms with van der Waals surface area (Å²) >= 11 is 0. The van der Waals surface area contributed by atoms with E-state index in [0.717, 1.165) is 5.56 Å². The SMILES string of the molecule is Cc1ncc(CO)c(C=NCc2ccccc2)c1O. The van der Waals surface area contributed by atoms with Gasteiger partial charge in [-0.1, -0.05) is 30.3 Å². The summed E-state index contributed by atoms with van der Waals surface area (Å²) in [4.78, 5) is 8.30. The smallest absolute Gasteiger partial charge is 0.145 e. The standard InChI is InChI=1S/C15H16N2O2/c1-11-15(19)14(13(10-18)8-17-11)9-16-7-12-5-3-2-4-6-12/h2-6,8-9,18-19H,7,10H2,1H3. The summed E-state index contributed by atoms with van der Waals surface area (Å²) in [6.07, 6.45) is 3.14. The minimum absolute atomic E-state index is 0.0726. The molecule has 0 radical (unpaired) electrons. The van der Waals surface area contributed by atoms with Gasteiger partial charge in [0.15, 0.2) is 0 Å². The molecule has 0 atom stereocenters. The molecule has 0 bridgehead atoms. The second-order valence-electron chi connectivity index (χ2n) is 4.24. The molecule has 0 aliphatic heterocycles. The van der Waals surface area contributed by atoms with Crippen LogP contribution >= 0.6 is 0 Å². The lowest BCUT2D eigenvalue weighted by Gasteiger charge is -2.06. The fourth-order valence-electron chi connectivity index (χ4n) is 1.75. The van der Waals surface area contributed by atoms with Crippen molar-refractivity contribution in [1.82, 2.24) is 4.98 Å². The molecule has 98 valence electrons. The Hall–Kier alpha value is -2.20. The van der Waals surface area contributed by atoms with Crippen LogP contribution in [0.1, 0.15) is 22.4 Å². The molecule has 2 rings (SSSR count). The summed E-state index contributed by atoms with van der Waals surface area (Å²) < 4.78 is 0. The maximum atomic E-state index is 9.94. The highest BCUT2D eigenvalue weighted by Gasteiger charge is 2.08. The van der Waals surface area contributed by atoms with Crippen LogP contribution in [0.2, 0.25) is 0 Å². The first-order chi connectivity index (χ1) is 9.22. The van der Waals surface area contributed by atoms with Gasteiger partial charge in [0.1, 0.15) is 5.75 Å². The number of hydrogen-bond donors (Lipinski definition) is 2. The number of hydrogen-bond acceptors (Lipinski definition) is 4. The highest BCUT2D eigenvalue weighted by molar-refractivity contribution is 5.85. The Morgan fingerprint density at radius 2 is 2.00 bits per heavy atom. The van der Waals surface area contributed by atoms with E-state index in [0.29, 0.717) is 23.4 Å². The third-order valence-electron chi connectivity index (χ3n) is 2.87. The van der Waals surface area contributed by atoms with Gasteiger partial charge in [0.05, 0.1) is 18.8 Å². The fourth-order valence-corrected chi connectivity index (χ4v) is 1.75. The van der Waals surface area contributed by atoms with E-state index >= 15 is 0 Å². The van der Waals surface area contributed by atoms with E-state index in [4.69, 9.17) is 0 Å². The van der Waals surface area contributed by atoms with Crippen LogP contribution in [0.15, 0.2) is 41.5 Å². The Morgan fingerprint density at radius 1 is 1.26 bits per heavy atom. The molecule has 0 aliphatic rings. The second-order valence-corrected chi connectivity index (χ2v) is 4.24. The molecule has 0 saturated heterocycles. The summed E-state index contributed by atoms with van der Waals surface area (Å²) in [6, 6.07) is 9.84. The van der Waals surface area contributed by atoms with Crippen molar-refractivity contribution in [3.05, 3.63) is 58.9 Å². The topological polar surface area (TPSA) is 65.7 Å². The highest BCUT2D eigenvalue weighted by Crippen LogP contribution is 2.22. The van der Waals surface area contributed by atoms with Crippen molar-refractivity contribution in [3.8, 4) is 5.75 Å². The highest BCUT2D eigenvalue weighted by atomic mass is 16.3. The van der Waals surface area contributed by atoms with Crippen LogP contribution in [0.25, 0.3) is 0 Å². The van der Waals surface area contributed by atoms with Crippen molar-refractivity contribution in [2.24, 2.45) is 4.99 Å². The van der Waals surface area contributed by atoms with E-state index < -0.39 is 0 Å². The molecule has 2 aromatic rings. The predicted molar refractivity (Wildman–Crippen MR) is 74.3 cm³/mol. The minimum atomic E-state index is -0.173. The average Bonchev–Trinajstić information content (AvgIpc) is 2.45. The van der Waals surface area contributed by atoms with Crippen molar-refractivity contribution in [1.29, 1.82) is 0 Å². The van der Waals surface area contributed by atoms with Gasteiger partial charge in [-0.15, -0.1) is 0 Å². The van der Waals surface area contributed by atoms with E-state index in [-0.39, 0.29) is 12.4 Å². The monoisotopic (exact) mass is 256 g/mol. The summed E-state index contributed by atoms with van der Waals surface area (Å²) in [7, 11) is 0. The first kappa shape index (κ1) is 13.2. The largest absolute Gasteiger partial charge is 0.505 e. The van der Waals surface area contributed by atoms with Crippen molar-refractivity contribution in [2.75, 3.05) is 0 Å². The molecule has 0 saturated carbocycles. The van der Waals surface area contributed by atoms with Gasteiger partial charge in [-0.2, -0.15) is 0 Å². The Labute approximate surface area is 112 Å². The van der Waals surface area contributed by atoms with Crippen LogP contribution in [0.5, 0.6) is 5.75 Å². The van der Waals surface area contributed by atoms with Gasteiger partial charge in [-0.05, 0) is 12.5 Å². The van der Waals surface area contributed by atoms with Crippen LogP contribution < -0.4 is 0 Å². The van der Waals surface area contributed by atoms with Crippen molar-refractivity contribution in [2.45, 2.75) is 20.1 Å². The number of aliphatic hydroxyl groups is 1. The van der Waals surface area contributed by atoms with Crippen LogP contribution in [0, 0.1) is 6.92 Å². The molecule has 2 N–H and O–H groups in total. The Bertz CT molecular complexity index is 580. The number of pyridine rings is 1. The van der Waals surface area contributed by atoms with E-state index in [1.807, 2.05) is 30.3 Å². The van der Waals surface area contributed by atoms with E-state index in [2.05, 4.69) is 9.98 Å². The molecule has 0 spiro atoms. The maximum absolute atomic E-state index is 9.94. The second kappa shape index (κ2) is 6.11. The number of aliphatic imine (C=N–C) groups is 1.